The highest BCUT2D eigenvalue weighted by molar-refractivity contribution is 7.82. The molecule has 0 spiro atoms. The van der Waals surface area contributed by atoms with Gasteiger partial charge in [-0.3, -0.25) is 5.32 Å². The maximum atomic E-state index is 11.8. The van der Waals surface area contributed by atoms with Crippen molar-refractivity contribution in [2.24, 2.45) is 0 Å². The lowest BCUT2D eigenvalue weighted by atomic mass is 10.1. The van der Waals surface area contributed by atoms with E-state index in [0.29, 0.717) is 18.0 Å². The van der Waals surface area contributed by atoms with Crippen LogP contribution in [-0.4, -0.2) is 16.6 Å². The fourth-order valence-electron chi connectivity index (χ4n) is 1.89. The second-order valence-electron chi connectivity index (χ2n) is 4.74. The van der Waals surface area contributed by atoms with E-state index in [2.05, 4.69) is 10.0 Å². The van der Waals surface area contributed by atoms with Crippen molar-refractivity contribution in [1.82, 2.24) is 4.72 Å². The fraction of sp³-hybridized carbons (Fsp3) is 0.188. The summed E-state index contributed by atoms with van der Waals surface area (Å²) in [4.78, 5) is 11.8. The number of ether oxygens (including phenoxy) is 1. The van der Waals surface area contributed by atoms with Crippen LogP contribution in [0.3, 0.4) is 0 Å². The number of amides is 1. The van der Waals surface area contributed by atoms with Crippen LogP contribution < -0.4 is 14.8 Å². The van der Waals surface area contributed by atoms with Crippen molar-refractivity contribution in [2.75, 3.05) is 11.6 Å². The minimum absolute atomic E-state index is 0.489. The van der Waals surface area contributed by atoms with Crippen molar-refractivity contribution >= 4 is 22.8 Å². The molecule has 116 valence electrons. The number of hydrogen-bond acceptors (Lipinski definition) is 3. The summed E-state index contributed by atoms with van der Waals surface area (Å²) >= 11 is 0. The van der Waals surface area contributed by atoms with E-state index in [0.717, 1.165) is 11.1 Å². The number of hydrogen-bond donors (Lipinski definition) is 2. The maximum Gasteiger partial charge on any atom is 0.417 e. The number of para-hydroxylation sites is 1. The largest absolute Gasteiger partial charge is 0.417 e. The average molecular weight is 318 g/mol. The van der Waals surface area contributed by atoms with Crippen molar-refractivity contribution in [3.63, 3.8) is 0 Å². The van der Waals surface area contributed by atoms with Crippen LogP contribution in [0, 0.1) is 6.92 Å². The molecule has 1 amide bonds. The smallest absolute Gasteiger partial charge is 0.410 e. The Morgan fingerprint density at radius 1 is 1.18 bits per heavy atom. The van der Waals surface area contributed by atoms with Crippen molar-refractivity contribution in [3.8, 4) is 5.75 Å². The Hall–Kier alpha value is -2.18. The topological polar surface area (TPSA) is 67.4 Å². The van der Waals surface area contributed by atoms with Gasteiger partial charge in [-0.1, -0.05) is 24.3 Å². The van der Waals surface area contributed by atoms with E-state index in [-0.39, 0.29) is 0 Å². The average Bonchev–Trinajstić information content (AvgIpc) is 2.47. The van der Waals surface area contributed by atoms with E-state index in [1.54, 1.807) is 36.6 Å². The summed E-state index contributed by atoms with van der Waals surface area (Å²) in [6.07, 6.45) is 1.05. The molecule has 5 nitrogen and oxygen atoms in total. The highest BCUT2D eigenvalue weighted by Gasteiger charge is 2.06. The first-order valence-electron chi connectivity index (χ1n) is 6.75. The monoisotopic (exact) mass is 318 g/mol. The van der Waals surface area contributed by atoms with E-state index < -0.39 is 17.1 Å². The first kappa shape index (κ1) is 16.2. The van der Waals surface area contributed by atoms with Gasteiger partial charge in [0.2, 0.25) is 0 Å². The normalized spacial score (nSPS) is 11.7. The van der Waals surface area contributed by atoms with Gasteiger partial charge in [0.1, 0.15) is 5.75 Å². The zero-order chi connectivity index (χ0) is 15.9. The molecule has 0 bridgehead atoms. The molecule has 6 heteroatoms. The number of benzene rings is 2. The predicted molar refractivity (Wildman–Crippen MR) is 88.2 cm³/mol. The van der Waals surface area contributed by atoms with Gasteiger partial charge in [0.05, 0.1) is 11.0 Å². The Morgan fingerprint density at radius 2 is 1.91 bits per heavy atom. The number of carbonyl (C=O) groups is 1. The summed E-state index contributed by atoms with van der Waals surface area (Å²) in [5, 5.41) is 2.68. The van der Waals surface area contributed by atoms with Crippen molar-refractivity contribution in [1.29, 1.82) is 0 Å². The molecule has 0 aromatic heterocycles. The summed E-state index contributed by atoms with van der Waals surface area (Å²) in [7, 11) is -1.05. The molecular formula is C16H18N2O3S. The molecule has 0 aliphatic carbocycles. The van der Waals surface area contributed by atoms with E-state index >= 15 is 0 Å². The van der Waals surface area contributed by atoms with Gasteiger partial charge in [-0.2, -0.15) is 0 Å². The van der Waals surface area contributed by atoms with Crippen LogP contribution in [0.4, 0.5) is 10.5 Å². The zero-order valence-electron chi connectivity index (χ0n) is 12.5. The minimum atomic E-state index is -1.05. The second-order valence-corrected chi connectivity index (χ2v) is 5.94. The lowest BCUT2D eigenvalue weighted by Crippen LogP contribution is -2.18. The van der Waals surface area contributed by atoms with Crippen LogP contribution in [0.15, 0.2) is 48.5 Å². The van der Waals surface area contributed by atoms with Crippen LogP contribution in [0.2, 0.25) is 0 Å². The highest BCUT2D eigenvalue weighted by Crippen LogP contribution is 2.16. The SMILES string of the molecule is Cc1cc(NC(=O)Oc2ccccc2)ccc1CNS(C)=O. The summed E-state index contributed by atoms with van der Waals surface area (Å²) in [5.74, 6) is 0.489. The third-order valence-corrected chi connectivity index (χ3v) is 3.56. The number of anilines is 1. The number of nitrogens with one attached hydrogen (secondary N) is 2. The Kier molecular flexibility index (Phi) is 5.68. The third kappa shape index (κ3) is 4.98. The molecule has 0 heterocycles. The standard InChI is InChI=1S/C16H18N2O3S/c1-12-10-14(9-8-13(12)11-17-22(2)20)18-16(19)21-15-6-4-3-5-7-15/h3-10,17H,11H2,1-2H3,(H,18,19). The van der Waals surface area contributed by atoms with Gasteiger partial charge >= 0.3 is 6.09 Å². The molecule has 22 heavy (non-hydrogen) atoms. The van der Waals surface area contributed by atoms with Crippen LogP contribution in [0.5, 0.6) is 5.75 Å². The molecule has 0 fully saturated rings. The molecule has 1 atom stereocenters. The van der Waals surface area contributed by atoms with Crippen LogP contribution >= 0.6 is 0 Å². The molecule has 0 radical (unpaired) electrons. The first-order chi connectivity index (χ1) is 10.5. The molecule has 0 aliphatic heterocycles. The maximum absolute atomic E-state index is 11.8. The van der Waals surface area contributed by atoms with Crippen LogP contribution in [0.1, 0.15) is 11.1 Å². The Bertz CT molecular complexity index is 674. The molecule has 0 saturated carbocycles. The zero-order valence-corrected chi connectivity index (χ0v) is 13.3. The number of rotatable bonds is 5. The molecule has 2 N–H and O–H groups in total. The Morgan fingerprint density at radius 3 is 2.55 bits per heavy atom. The van der Waals surface area contributed by atoms with Gasteiger partial charge in [0, 0.05) is 18.5 Å². The van der Waals surface area contributed by atoms with Gasteiger partial charge in [0.15, 0.2) is 0 Å². The highest BCUT2D eigenvalue weighted by atomic mass is 32.2. The fourth-order valence-corrected chi connectivity index (χ4v) is 2.25. The number of aryl methyl sites for hydroxylation is 1. The molecule has 2 aromatic carbocycles. The van der Waals surface area contributed by atoms with Gasteiger partial charge in [-0.25, -0.2) is 13.7 Å². The minimum Gasteiger partial charge on any atom is -0.410 e. The quantitative estimate of drug-likeness (QED) is 0.890. The summed E-state index contributed by atoms with van der Waals surface area (Å²) in [6, 6.07) is 14.4. The van der Waals surface area contributed by atoms with Gasteiger partial charge in [-0.15, -0.1) is 0 Å². The molecule has 2 aromatic rings. The van der Waals surface area contributed by atoms with Gasteiger partial charge in [-0.05, 0) is 42.3 Å². The summed E-state index contributed by atoms with van der Waals surface area (Å²) < 4.78 is 19.1. The Labute approximate surface area is 132 Å². The van der Waals surface area contributed by atoms with Crippen LogP contribution in [0.25, 0.3) is 0 Å². The number of carbonyl (C=O) groups excluding carboxylic acids is 1. The van der Waals surface area contributed by atoms with E-state index in [9.17, 15) is 9.00 Å². The molecule has 2 rings (SSSR count). The molecule has 0 saturated heterocycles. The predicted octanol–water partition coefficient (Wildman–Crippen LogP) is 2.99. The lowest BCUT2D eigenvalue weighted by Gasteiger charge is -2.10. The lowest BCUT2D eigenvalue weighted by molar-refractivity contribution is 0.215. The third-order valence-electron chi connectivity index (χ3n) is 3.01. The van der Waals surface area contributed by atoms with Gasteiger partial charge < -0.3 is 4.74 Å². The van der Waals surface area contributed by atoms with Crippen molar-refractivity contribution < 1.29 is 13.7 Å². The first-order valence-corrected chi connectivity index (χ1v) is 8.31. The van der Waals surface area contributed by atoms with Gasteiger partial charge in [0.25, 0.3) is 0 Å². The van der Waals surface area contributed by atoms with Crippen molar-refractivity contribution in [2.45, 2.75) is 13.5 Å². The van der Waals surface area contributed by atoms with Crippen LogP contribution in [-0.2, 0) is 17.5 Å². The van der Waals surface area contributed by atoms with E-state index in [1.807, 2.05) is 25.1 Å². The summed E-state index contributed by atoms with van der Waals surface area (Å²) in [6.45, 7) is 2.45. The molecule has 0 aliphatic rings. The second kappa shape index (κ2) is 7.72. The van der Waals surface area contributed by atoms with E-state index in [1.165, 1.54) is 0 Å². The molecular weight excluding hydrogens is 300 g/mol. The summed E-state index contributed by atoms with van der Waals surface area (Å²) in [5.41, 5.74) is 2.67. The molecule has 1 unspecified atom stereocenters. The van der Waals surface area contributed by atoms with Crippen molar-refractivity contribution in [3.05, 3.63) is 59.7 Å². The van der Waals surface area contributed by atoms with E-state index in [4.69, 9.17) is 4.74 Å². The Balaban J connectivity index is 1.97.